The van der Waals surface area contributed by atoms with E-state index in [9.17, 15) is 0 Å². The quantitative estimate of drug-likeness (QED) is 0.244. The summed E-state index contributed by atoms with van der Waals surface area (Å²) in [5, 5.41) is 0. The van der Waals surface area contributed by atoms with Crippen molar-refractivity contribution >= 4 is 29.4 Å². The number of fused-ring (bicyclic) bond motifs is 3. The van der Waals surface area contributed by atoms with Crippen molar-refractivity contribution in [1.29, 1.82) is 0 Å². The van der Waals surface area contributed by atoms with Gasteiger partial charge in [-0.2, -0.15) is 0 Å². The Morgan fingerprint density at radius 2 is 1.62 bits per heavy atom. The van der Waals surface area contributed by atoms with Crippen molar-refractivity contribution in [3.8, 4) is 11.5 Å². The fourth-order valence-electron chi connectivity index (χ4n) is 7.26. The first kappa shape index (κ1) is 31.3. The third-order valence-corrected chi connectivity index (χ3v) is 9.74. The van der Waals surface area contributed by atoms with E-state index in [0.29, 0.717) is 0 Å². The van der Waals surface area contributed by atoms with Gasteiger partial charge in [0, 0.05) is 40.1 Å². The van der Waals surface area contributed by atoms with E-state index < -0.39 is 6.03 Å². The van der Waals surface area contributed by atoms with Gasteiger partial charge in [0.1, 0.15) is 11.8 Å². The summed E-state index contributed by atoms with van der Waals surface area (Å²) in [6.45, 7) is 21.9. The molecule has 7 rings (SSSR count). The van der Waals surface area contributed by atoms with E-state index in [1.807, 2.05) is 25.3 Å². The Morgan fingerprint density at radius 1 is 0.894 bits per heavy atom. The second kappa shape index (κ2) is 10.4. The molecule has 47 heavy (non-hydrogen) atoms. The van der Waals surface area contributed by atoms with Gasteiger partial charge >= 0.3 is 6.03 Å². The van der Waals surface area contributed by atoms with E-state index in [4.69, 9.17) is 9.47 Å². The summed E-state index contributed by atoms with van der Waals surface area (Å²) < 4.78 is 20.9. The molecule has 1 unspecified atom stereocenters. The number of ether oxygens (including phenoxy) is 2. The monoisotopic (exact) mass is 635 g/mol. The van der Waals surface area contributed by atoms with Gasteiger partial charge in [-0.1, -0.05) is 62.8 Å². The molecule has 0 radical (unpaired) electrons. The summed E-state index contributed by atoms with van der Waals surface area (Å²) in [5.74, 6) is 2.67. The molecular weight excluding hydrogens is 586 g/mol. The molecule has 5 heterocycles. The van der Waals surface area contributed by atoms with Crippen LogP contribution in [0.4, 0.5) is 5.82 Å². The Balaban J connectivity index is 1.22. The van der Waals surface area contributed by atoms with Gasteiger partial charge in [-0.15, -0.1) is 0 Å². The van der Waals surface area contributed by atoms with Crippen LogP contribution in [0.25, 0.3) is 11.2 Å². The molecule has 246 valence electrons. The topological polar surface area (TPSA) is 71.3 Å². The molecule has 0 amide bonds. The van der Waals surface area contributed by atoms with Gasteiger partial charge in [0.25, 0.3) is 0 Å². The molecule has 1 fully saturated rings. The lowest BCUT2D eigenvalue weighted by atomic mass is 9.79. The fourth-order valence-corrected chi connectivity index (χ4v) is 7.26. The second-order valence-electron chi connectivity index (χ2n) is 16.4. The van der Waals surface area contributed by atoms with Gasteiger partial charge in [-0.05, 0) is 59.4 Å². The average Bonchev–Trinajstić information content (AvgIpc) is 3.48. The SMILES string of the molecule is Cc1cc(CCCn2cnc3ncnc(N(C)C)c32)cc2c1OC13Oc4c(cc(C(C)(C)C)cc4C(C)(C)C)C=[N+]1CC(C)(C)[N+]3=C2. The van der Waals surface area contributed by atoms with Crippen LogP contribution in [0, 0.1) is 6.92 Å². The van der Waals surface area contributed by atoms with E-state index in [1.54, 1.807) is 6.33 Å². The number of aryl methyl sites for hydroxylation is 3. The largest absolute Gasteiger partial charge is 0.704 e. The number of nitrogens with zero attached hydrogens (tertiary/aromatic N) is 7. The highest BCUT2D eigenvalue weighted by atomic mass is 16.7. The number of anilines is 1. The maximum absolute atomic E-state index is 7.16. The van der Waals surface area contributed by atoms with Gasteiger partial charge in [0.2, 0.25) is 12.1 Å². The van der Waals surface area contributed by atoms with Crippen molar-refractivity contribution in [3.05, 3.63) is 70.3 Å². The first-order valence-electron chi connectivity index (χ1n) is 16.8. The Bertz CT molecular complexity index is 1990. The smallest absolute Gasteiger partial charge is 0.361 e. The minimum absolute atomic E-state index is 0.0212. The maximum Gasteiger partial charge on any atom is 0.704 e. The Labute approximate surface area is 278 Å². The Kier molecular flexibility index (Phi) is 6.91. The van der Waals surface area contributed by atoms with Crippen LogP contribution in [0.1, 0.15) is 95.2 Å². The summed E-state index contributed by atoms with van der Waals surface area (Å²) in [6, 6.07) is 8.09. The molecule has 3 aliphatic heterocycles. The third kappa shape index (κ3) is 5.09. The zero-order valence-corrected chi connectivity index (χ0v) is 29.9. The number of benzene rings is 2. The summed E-state index contributed by atoms with van der Waals surface area (Å²) >= 11 is 0. The predicted octanol–water partition coefficient (Wildman–Crippen LogP) is 6.18. The van der Waals surface area contributed by atoms with Crippen LogP contribution in [-0.2, 0) is 23.8 Å². The molecule has 2 aromatic heterocycles. The predicted molar refractivity (Wildman–Crippen MR) is 187 cm³/mol. The van der Waals surface area contributed by atoms with Crippen LogP contribution < -0.4 is 14.4 Å². The first-order chi connectivity index (χ1) is 22.0. The van der Waals surface area contributed by atoms with Crippen molar-refractivity contribution in [1.82, 2.24) is 19.5 Å². The number of aromatic nitrogens is 4. The molecule has 1 atom stereocenters. The van der Waals surface area contributed by atoms with Crippen LogP contribution in [-0.4, -0.2) is 73.3 Å². The minimum atomic E-state index is -1.09. The van der Waals surface area contributed by atoms with Gasteiger partial charge < -0.3 is 18.9 Å². The molecule has 0 N–H and O–H groups in total. The van der Waals surface area contributed by atoms with Gasteiger partial charge in [-0.25, -0.2) is 15.0 Å². The zero-order valence-electron chi connectivity index (χ0n) is 29.9. The van der Waals surface area contributed by atoms with Crippen LogP contribution in [0.3, 0.4) is 0 Å². The lowest BCUT2D eigenvalue weighted by molar-refractivity contribution is -0.867. The van der Waals surface area contributed by atoms with Gasteiger partial charge in [-0.3, -0.25) is 0 Å². The highest BCUT2D eigenvalue weighted by Crippen LogP contribution is 2.46. The second-order valence-corrected chi connectivity index (χ2v) is 16.4. The van der Waals surface area contributed by atoms with E-state index in [0.717, 1.165) is 71.1 Å². The molecule has 0 aliphatic carbocycles. The van der Waals surface area contributed by atoms with Crippen LogP contribution in [0.5, 0.6) is 11.5 Å². The minimum Gasteiger partial charge on any atom is -0.361 e. The van der Waals surface area contributed by atoms with Crippen molar-refractivity contribution in [2.45, 2.75) is 104 Å². The highest BCUT2D eigenvalue weighted by Gasteiger charge is 2.75. The molecule has 0 saturated carbocycles. The fraction of sp³-hybridized carbons (Fsp3) is 0.500. The molecule has 1 spiro atoms. The third-order valence-electron chi connectivity index (χ3n) is 9.74. The summed E-state index contributed by atoms with van der Waals surface area (Å²) in [5.41, 5.74) is 8.48. The van der Waals surface area contributed by atoms with E-state index in [1.165, 1.54) is 16.7 Å². The van der Waals surface area contributed by atoms with Crippen LogP contribution >= 0.6 is 0 Å². The highest BCUT2D eigenvalue weighted by molar-refractivity contribution is 5.85. The number of rotatable bonds is 5. The van der Waals surface area contributed by atoms with Crippen molar-refractivity contribution in [2.24, 2.45) is 0 Å². The van der Waals surface area contributed by atoms with Crippen LogP contribution in [0.15, 0.2) is 36.9 Å². The standard InChI is InChI=1S/C38H49N7O2/c1-24-15-25(13-12-14-43-23-41-33-30(43)34(42(10)11)40-22-39-33)16-26-20-45-37(8,9)21-44-19-27-17-28(35(2,3)4)18-29(36(5,6)7)32(27)47-38(44,45)46-31(24)26/h15-20,22-23H,12-14,21H2,1-11H3/q+2. The molecule has 2 aromatic carbocycles. The maximum atomic E-state index is 7.16. The van der Waals surface area contributed by atoms with E-state index in [-0.39, 0.29) is 16.4 Å². The zero-order chi connectivity index (χ0) is 33.7. The summed E-state index contributed by atoms with van der Waals surface area (Å²) in [4.78, 5) is 15.4. The molecule has 4 aromatic rings. The van der Waals surface area contributed by atoms with Crippen molar-refractivity contribution < 1.29 is 18.6 Å². The lowest BCUT2D eigenvalue weighted by Crippen LogP contribution is -2.61. The van der Waals surface area contributed by atoms with Crippen LogP contribution in [0.2, 0.25) is 0 Å². The molecular formula is C38H49N7O2+2. The van der Waals surface area contributed by atoms with Crippen molar-refractivity contribution in [3.63, 3.8) is 0 Å². The van der Waals surface area contributed by atoms with E-state index in [2.05, 4.69) is 128 Å². The normalized spacial score (nSPS) is 19.6. The molecule has 0 bridgehead atoms. The van der Waals surface area contributed by atoms with Gasteiger partial charge in [0.05, 0.1) is 17.5 Å². The number of hydrogen-bond acceptors (Lipinski definition) is 6. The van der Waals surface area contributed by atoms with Crippen molar-refractivity contribution in [2.75, 3.05) is 25.5 Å². The summed E-state index contributed by atoms with van der Waals surface area (Å²) in [7, 11) is 4.00. The average molecular weight is 636 g/mol. The molecule has 9 nitrogen and oxygen atoms in total. The molecule has 9 heteroatoms. The first-order valence-corrected chi connectivity index (χ1v) is 16.8. The summed E-state index contributed by atoms with van der Waals surface area (Å²) in [6.07, 6.45) is 9.87. The molecule has 1 saturated heterocycles. The number of imidazole rings is 1. The lowest BCUT2D eigenvalue weighted by Gasteiger charge is -2.33. The van der Waals surface area contributed by atoms with E-state index >= 15 is 0 Å². The van der Waals surface area contributed by atoms with Gasteiger partial charge in [0.15, 0.2) is 35.4 Å². The Hall–Kier alpha value is -4.27. The number of hydrogen-bond donors (Lipinski definition) is 0. The molecule has 3 aliphatic rings. The Morgan fingerprint density at radius 3 is 2.32 bits per heavy atom.